The van der Waals surface area contributed by atoms with Crippen LogP contribution >= 0.6 is 31.9 Å². The Morgan fingerprint density at radius 1 is 1.50 bits per heavy atom. The van der Waals surface area contributed by atoms with Crippen LogP contribution in [0, 0.1) is 6.92 Å². The lowest BCUT2D eigenvalue weighted by molar-refractivity contribution is 1.20. The second-order valence-corrected chi connectivity index (χ2v) is 4.80. The highest BCUT2D eigenvalue weighted by Gasteiger charge is 1.99. The lowest BCUT2D eigenvalue weighted by Gasteiger charge is -2.04. The van der Waals surface area contributed by atoms with Gasteiger partial charge in [0.1, 0.15) is 0 Å². The number of hydrogen-bond acceptors (Lipinski definition) is 0. The van der Waals surface area contributed by atoms with Crippen molar-refractivity contribution in [2.75, 3.05) is 0 Å². The van der Waals surface area contributed by atoms with Crippen LogP contribution in [-0.2, 0) is 6.42 Å². The number of rotatable bonds is 2. The van der Waals surface area contributed by atoms with Crippen molar-refractivity contribution in [3.05, 3.63) is 44.9 Å². The summed E-state index contributed by atoms with van der Waals surface area (Å²) in [7, 11) is 0. The maximum absolute atomic E-state index is 3.82. The van der Waals surface area contributed by atoms with Crippen molar-refractivity contribution in [3.8, 4) is 0 Å². The van der Waals surface area contributed by atoms with Crippen LogP contribution in [0.3, 0.4) is 0 Å². The van der Waals surface area contributed by atoms with Gasteiger partial charge in [-0.05, 0) is 34.7 Å². The molecule has 1 aromatic carbocycles. The summed E-state index contributed by atoms with van der Waals surface area (Å²) in [5.41, 5.74) is 2.62. The Kier molecular flexibility index (Phi) is 3.53. The molecule has 2 heteroatoms. The molecule has 12 heavy (non-hydrogen) atoms. The molecule has 0 bridgehead atoms. The number of allylic oxidation sites excluding steroid dienone is 1. The van der Waals surface area contributed by atoms with E-state index in [1.54, 1.807) is 0 Å². The summed E-state index contributed by atoms with van der Waals surface area (Å²) in [6.45, 7) is 5.93. The molecule has 1 rings (SSSR count). The Bertz CT molecular complexity index is 303. The predicted molar refractivity (Wildman–Crippen MR) is 60.7 cm³/mol. The van der Waals surface area contributed by atoms with Crippen LogP contribution in [0.15, 0.2) is 33.7 Å². The van der Waals surface area contributed by atoms with Gasteiger partial charge < -0.3 is 0 Å². The van der Waals surface area contributed by atoms with Gasteiger partial charge in [-0.15, -0.1) is 0 Å². The summed E-state index contributed by atoms with van der Waals surface area (Å²) < 4.78 is 2.15. The summed E-state index contributed by atoms with van der Waals surface area (Å²) >= 11 is 6.79. The lowest BCUT2D eigenvalue weighted by atomic mass is 10.1. The molecule has 0 aromatic heterocycles. The fraction of sp³-hybridized carbons (Fsp3) is 0.200. The minimum Gasteiger partial charge on any atom is -0.0885 e. The molecule has 64 valence electrons. The van der Waals surface area contributed by atoms with Gasteiger partial charge in [0.25, 0.3) is 0 Å². The first kappa shape index (κ1) is 10.0. The van der Waals surface area contributed by atoms with E-state index in [9.17, 15) is 0 Å². The second-order valence-electron chi connectivity index (χ2n) is 2.76. The van der Waals surface area contributed by atoms with Gasteiger partial charge in [0.2, 0.25) is 0 Å². The zero-order valence-electron chi connectivity index (χ0n) is 6.90. The summed E-state index contributed by atoms with van der Waals surface area (Å²) in [6.07, 6.45) is 0.902. The van der Waals surface area contributed by atoms with E-state index in [1.807, 2.05) is 0 Å². The fourth-order valence-electron chi connectivity index (χ4n) is 1.06. The normalized spacial score (nSPS) is 9.92. The van der Waals surface area contributed by atoms with Crippen molar-refractivity contribution in [2.24, 2.45) is 0 Å². The number of benzene rings is 1. The molecular formula is C10H10Br2. The van der Waals surface area contributed by atoms with Gasteiger partial charge in [0.05, 0.1) is 0 Å². The van der Waals surface area contributed by atoms with E-state index < -0.39 is 0 Å². The maximum Gasteiger partial charge on any atom is 0.0178 e. The average Bonchev–Trinajstić information content (AvgIpc) is 1.94. The minimum absolute atomic E-state index is 0.902. The van der Waals surface area contributed by atoms with E-state index in [0.717, 1.165) is 15.4 Å². The van der Waals surface area contributed by atoms with Crippen LogP contribution < -0.4 is 0 Å². The molecule has 0 radical (unpaired) electrons. The summed E-state index contributed by atoms with van der Waals surface area (Å²) in [5, 5.41) is 0. The third-order valence-electron chi connectivity index (χ3n) is 1.69. The van der Waals surface area contributed by atoms with Gasteiger partial charge in [-0.3, -0.25) is 0 Å². The third kappa shape index (κ3) is 2.76. The molecular weight excluding hydrogens is 280 g/mol. The highest BCUT2D eigenvalue weighted by Crippen LogP contribution is 2.19. The molecule has 0 aliphatic carbocycles. The third-order valence-corrected chi connectivity index (χ3v) is 2.46. The summed E-state index contributed by atoms with van der Waals surface area (Å²) in [6, 6.07) is 6.29. The average molecular weight is 290 g/mol. The second kappa shape index (κ2) is 4.24. The number of aryl methyl sites for hydroxylation is 1. The largest absolute Gasteiger partial charge is 0.0885 e. The molecule has 0 nitrogen and oxygen atoms in total. The summed E-state index contributed by atoms with van der Waals surface area (Å²) in [4.78, 5) is 0. The van der Waals surface area contributed by atoms with E-state index in [-0.39, 0.29) is 0 Å². The Balaban J connectivity index is 2.93. The van der Waals surface area contributed by atoms with Gasteiger partial charge in [-0.2, -0.15) is 0 Å². The Hall–Kier alpha value is -0.0800. The van der Waals surface area contributed by atoms with Crippen molar-refractivity contribution in [2.45, 2.75) is 13.3 Å². The molecule has 0 saturated carbocycles. The molecule has 0 saturated heterocycles. The first-order chi connectivity index (χ1) is 5.59. The van der Waals surface area contributed by atoms with Crippen molar-refractivity contribution in [1.82, 2.24) is 0 Å². The molecule has 0 fully saturated rings. The number of halogens is 2. The molecule has 0 amide bonds. The maximum atomic E-state index is 3.82. The van der Waals surface area contributed by atoms with E-state index in [1.165, 1.54) is 11.1 Å². The number of hydrogen-bond donors (Lipinski definition) is 0. The van der Waals surface area contributed by atoms with Crippen LogP contribution in [0.4, 0.5) is 0 Å². The van der Waals surface area contributed by atoms with Crippen LogP contribution in [0.5, 0.6) is 0 Å². The van der Waals surface area contributed by atoms with Crippen molar-refractivity contribution in [1.29, 1.82) is 0 Å². The van der Waals surface area contributed by atoms with Gasteiger partial charge >= 0.3 is 0 Å². The zero-order chi connectivity index (χ0) is 9.14. The molecule has 0 aliphatic rings. The van der Waals surface area contributed by atoms with Crippen LogP contribution in [0.1, 0.15) is 11.1 Å². The van der Waals surface area contributed by atoms with Gasteiger partial charge in [-0.1, -0.05) is 44.5 Å². The minimum atomic E-state index is 0.902. The first-order valence-electron chi connectivity index (χ1n) is 3.68. The topological polar surface area (TPSA) is 0 Å². The fourth-order valence-corrected chi connectivity index (χ4v) is 1.84. The Morgan fingerprint density at radius 2 is 2.17 bits per heavy atom. The van der Waals surface area contributed by atoms with Crippen molar-refractivity contribution >= 4 is 31.9 Å². The zero-order valence-corrected chi connectivity index (χ0v) is 10.1. The molecule has 0 atom stereocenters. The smallest absolute Gasteiger partial charge is 0.0178 e. The van der Waals surface area contributed by atoms with E-state index in [0.29, 0.717) is 0 Å². The SMILES string of the molecule is C=C(Br)Cc1ccc(Br)cc1C. The van der Waals surface area contributed by atoms with Crippen molar-refractivity contribution < 1.29 is 0 Å². The highest BCUT2D eigenvalue weighted by molar-refractivity contribution is 9.11. The van der Waals surface area contributed by atoms with E-state index >= 15 is 0 Å². The summed E-state index contributed by atoms with van der Waals surface area (Å²) in [5.74, 6) is 0. The van der Waals surface area contributed by atoms with E-state index in [4.69, 9.17) is 0 Å². The van der Waals surface area contributed by atoms with Gasteiger partial charge in [0.15, 0.2) is 0 Å². The highest BCUT2D eigenvalue weighted by atomic mass is 79.9. The van der Waals surface area contributed by atoms with Gasteiger partial charge in [0, 0.05) is 10.9 Å². The lowest BCUT2D eigenvalue weighted by Crippen LogP contribution is -1.88. The molecule has 0 heterocycles. The molecule has 0 unspecified atom stereocenters. The molecule has 1 aromatic rings. The predicted octanol–water partition coefficient (Wildman–Crippen LogP) is 4.21. The van der Waals surface area contributed by atoms with Gasteiger partial charge in [-0.25, -0.2) is 0 Å². The standard InChI is InChI=1S/C10H10Br2/c1-7-5-10(12)4-3-9(7)6-8(2)11/h3-5H,2,6H2,1H3. The Labute approximate surface area is 89.9 Å². The molecule has 0 spiro atoms. The molecule has 0 N–H and O–H groups in total. The van der Waals surface area contributed by atoms with Crippen LogP contribution in [0.2, 0.25) is 0 Å². The quantitative estimate of drug-likeness (QED) is 0.765. The first-order valence-corrected chi connectivity index (χ1v) is 5.26. The van der Waals surface area contributed by atoms with E-state index in [2.05, 4.69) is 63.6 Å². The monoisotopic (exact) mass is 288 g/mol. The molecule has 0 aliphatic heterocycles. The van der Waals surface area contributed by atoms with Crippen LogP contribution in [0.25, 0.3) is 0 Å². The Morgan fingerprint density at radius 3 is 2.67 bits per heavy atom. The van der Waals surface area contributed by atoms with Crippen LogP contribution in [-0.4, -0.2) is 0 Å². The van der Waals surface area contributed by atoms with Crippen molar-refractivity contribution in [3.63, 3.8) is 0 Å².